The van der Waals surface area contributed by atoms with Gasteiger partial charge in [0.25, 0.3) is 0 Å². The lowest BCUT2D eigenvalue weighted by molar-refractivity contribution is -0.104. The minimum atomic E-state index is -2.12. The first-order chi connectivity index (χ1) is 10.1. The van der Waals surface area contributed by atoms with E-state index in [1.807, 2.05) is 0 Å². The molecule has 1 rings (SSSR count). The van der Waals surface area contributed by atoms with Gasteiger partial charge in [-0.1, -0.05) is 20.8 Å². The quantitative estimate of drug-likeness (QED) is 0.750. The molecule has 7 heteroatoms. The summed E-state index contributed by atoms with van der Waals surface area (Å²) in [6, 6.07) is 0. The van der Waals surface area contributed by atoms with Crippen LogP contribution in [0.25, 0.3) is 0 Å². The van der Waals surface area contributed by atoms with Crippen LogP contribution in [0.2, 0.25) is 18.1 Å². The Morgan fingerprint density at radius 1 is 1.09 bits per heavy atom. The molecule has 1 aliphatic heterocycles. The summed E-state index contributed by atoms with van der Waals surface area (Å²) in [4.78, 5) is 13.7. The van der Waals surface area contributed by atoms with E-state index >= 15 is 0 Å². The Morgan fingerprint density at radius 2 is 1.61 bits per heavy atom. The van der Waals surface area contributed by atoms with Gasteiger partial charge in [-0.15, -0.1) is 0 Å². The summed E-state index contributed by atoms with van der Waals surface area (Å²) in [5, 5.41) is 20.3. The van der Waals surface area contributed by atoms with Crippen molar-refractivity contribution in [3.63, 3.8) is 0 Å². The summed E-state index contributed by atoms with van der Waals surface area (Å²) in [6.07, 6.45) is -3.13. The molecule has 6 nitrogen and oxygen atoms in total. The Bertz CT molecular complexity index is 427. The average molecular weight is 348 g/mol. The van der Waals surface area contributed by atoms with Crippen LogP contribution < -0.4 is 0 Å². The van der Waals surface area contributed by atoms with E-state index in [-0.39, 0.29) is 18.1 Å². The molecule has 1 aliphatic rings. The summed E-state index contributed by atoms with van der Waals surface area (Å²) in [7, 11) is -2.12. The molecule has 0 saturated carbocycles. The van der Waals surface area contributed by atoms with Crippen molar-refractivity contribution < 1.29 is 24.2 Å². The van der Waals surface area contributed by atoms with Crippen molar-refractivity contribution >= 4 is 14.4 Å². The van der Waals surface area contributed by atoms with Crippen LogP contribution in [0.5, 0.6) is 0 Å². The van der Waals surface area contributed by atoms with Crippen molar-refractivity contribution in [3.05, 3.63) is 0 Å². The molecule has 0 aromatic carbocycles. The molecule has 0 unspecified atom stereocenters. The molecule has 1 saturated heterocycles. The van der Waals surface area contributed by atoms with E-state index in [2.05, 4.69) is 33.9 Å². The highest BCUT2D eigenvalue weighted by molar-refractivity contribution is 6.74. The Labute approximate surface area is 140 Å². The van der Waals surface area contributed by atoms with E-state index in [1.165, 1.54) is 4.90 Å². The standard InChI is InChI=1S/C16H33NO5Si/c1-15(2,3)21-14(20)17-9-11(18)13(19)12(10-17)22-23(7,8)16(4,5)6/h11-13,18-19H,9-10H2,1-8H3/t11-,12-,13-/m1/s1. The molecule has 0 spiro atoms. The molecule has 0 bridgehead atoms. The first-order valence-corrected chi connectivity index (χ1v) is 11.1. The van der Waals surface area contributed by atoms with E-state index in [9.17, 15) is 15.0 Å². The van der Waals surface area contributed by atoms with Crippen LogP contribution in [-0.2, 0) is 9.16 Å². The molecule has 0 aliphatic carbocycles. The Morgan fingerprint density at radius 3 is 2.04 bits per heavy atom. The van der Waals surface area contributed by atoms with Crippen LogP contribution in [0.3, 0.4) is 0 Å². The Hall–Kier alpha value is -0.633. The van der Waals surface area contributed by atoms with Crippen LogP contribution in [0.4, 0.5) is 4.79 Å². The van der Waals surface area contributed by atoms with E-state index in [0.29, 0.717) is 0 Å². The first kappa shape index (κ1) is 20.4. The van der Waals surface area contributed by atoms with Gasteiger partial charge in [0.2, 0.25) is 0 Å². The minimum absolute atomic E-state index is 0.0220. The Balaban J connectivity index is 2.86. The lowest BCUT2D eigenvalue weighted by Gasteiger charge is -2.45. The van der Waals surface area contributed by atoms with Gasteiger partial charge in [0.15, 0.2) is 8.32 Å². The average Bonchev–Trinajstić information content (AvgIpc) is 2.30. The molecule has 0 aromatic heterocycles. The smallest absolute Gasteiger partial charge is 0.410 e. The Kier molecular flexibility index (Phi) is 5.95. The van der Waals surface area contributed by atoms with Crippen LogP contribution in [0, 0.1) is 0 Å². The second-order valence-electron chi connectivity index (χ2n) is 8.86. The molecule has 1 amide bonds. The van der Waals surface area contributed by atoms with Crippen molar-refractivity contribution in [1.29, 1.82) is 0 Å². The summed E-state index contributed by atoms with van der Waals surface area (Å²) in [5.74, 6) is 0. The lowest BCUT2D eigenvalue weighted by atomic mass is 10.0. The highest BCUT2D eigenvalue weighted by atomic mass is 28.4. The zero-order valence-corrected chi connectivity index (χ0v) is 16.7. The number of likely N-dealkylation sites (tertiary alicyclic amines) is 1. The highest BCUT2D eigenvalue weighted by Gasteiger charge is 2.45. The fourth-order valence-electron chi connectivity index (χ4n) is 2.12. The summed E-state index contributed by atoms with van der Waals surface area (Å²) >= 11 is 0. The fraction of sp³-hybridized carbons (Fsp3) is 0.938. The van der Waals surface area contributed by atoms with E-state index < -0.39 is 38.3 Å². The van der Waals surface area contributed by atoms with Gasteiger partial charge in [-0.05, 0) is 38.9 Å². The number of carbonyl (C=O) groups is 1. The molecule has 3 atom stereocenters. The summed E-state index contributed by atoms with van der Waals surface area (Å²) < 4.78 is 11.6. The van der Waals surface area contributed by atoms with Crippen molar-refractivity contribution in [2.45, 2.75) is 83.6 Å². The van der Waals surface area contributed by atoms with Crippen LogP contribution in [0.15, 0.2) is 0 Å². The van der Waals surface area contributed by atoms with Crippen molar-refractivity contribution in [3.8, 4) is 0 Å². The number of β-amino-alcohol motifs (C(OH)–C–C–N with tert-alkyl or cyclic N) is 1. The van der Waals surface area contributed by atoms with Crippen LogP contribution >= 0.6 is 0 Å². The van der Waals surface area contributed by atoms with Gasteiger partial charge in [-0.3, -0.25) is 0 Å². The van der Waals surface area contributed by atoms with Gasteiger partial charge >= 0.3 is 6.09 Å². The van der Waals surface area contributed by atoms with E-state index in [4.69, 9.17) is 9.16 Å². The molecule has 1 heterocycles. The van der Waals surface area contributed by atoms with Gasteiger partial charge in [-0.25, -0.2) is 4.79 Å². The second kappa shape index (κ2) is 6.70. The van der Waals surface area contributed by atoms with Crippen molar-refractivity contribution in [1.82, 2.24) is 4.90 Å². The molecule has 0 aromatic rings. The molecule has 23 heavy (non-hydrogen) atoms. The number of ether oxygens (including phenoxy) is 1. The zero-order chi connectivity index (χ0) is 18.2. The first-order valence-electron chi connectivity index (χ1n) is 8.16. The highest BCUT2D eigenvalue weighted by Crippen LogP contribution is 2.38. The van der Waals surface area contributed by atoms with Gasteiger partial charge in [0.1, 0.15) is 17.8 Å². The topological polar surface area (TPSA) is 79.2 Å². The summed E-state index contributed by atoms with van der Waals surface area (Å²) in [5.41, 5.74) is -0.603. The van der Waals surface area contributed by atoms with Gasteiger partial charge in [0, 0.05) is 0 Å². The minimum Gasteiger partial charge on any atom is -0.444 e. The van der Waals surface area contributed by atoms with Gasteiger partial charge < -0.3 is 24.3 Å². The number of hydrogen-bond donors (Lipinski definition) is 2. The predicted molar refractivity (Wildman–Crippen MR) is 91.9 cm³/mol. The van der Waals surface area contributed by atoms with Crippen molar-refractivity contribution in [2.75, 3.05) is 13.1 Å². The molecule has 136 valence electrons. The van der Waals surface area contributed by atoms with Crippen LogP contribution in [0.1, 0.15) is 41.5 Å². The third kappa shape index (κ3) is 5.44. The van der Waals surface area contributed by atoms with E-state index in [0.717, 1.165) is 0 Å². The maximum absolute atomic E-state index is 12.2. The number of carbonyl (C=O) groups excluding carboxylic acids is 1. The number of rotatable bonds is 2. The fourth-order valence-corrected chi connectivity index (χ4v) is 3.44. The third-order valence-corrected chi connectivity index (χ3v) is 8.99. The monoisotopic (exact) mass is 347 g/mol. The van der Waals surface area contributed by atoms with Crippen LogP contribution in [-0.4, -0.2) is 66.5 Å². The number of aliphatic hydroxyl groups is 2. The molecular weight excluding hydrogens is 314 g/mol. The maximum Gasteiger partial charge on any atom is 0.410 e. The SMILES string of the molecule is CC(C)(C)OC(=O)N1C[C@@H](O)[C@@H](O)[C@H](O[Si](C)(C)C(C)(C)C)C1. The molecule has 1 fully saturated rings. The van der Waals surface area contributed by atoms with Crippen molar-refractivity contribution in [2.24, 2.45) is 0 Å². The molecule has 2 N–H and O–H groups in total. The number of amides is 1. The summed E-state index contributed by atoms with van der Waals surface area (Å²) in [6.45, 7) is 16.1. The van der Waals surface area contributed by atoms with Gasteiger partial charge in [0.05, 0.1) is 19.2 Å². The normalized spacial score (nSPS) is 27.0. The lowest BCUT2D eigenvalue weighted by Crippen LogP contribution is -2.61. The van der Waals surface area contributed by atoms with E-state index in [1.54, 1.807) is 20.8 Å². The number of aliphatic hydroxyl groups excluding tert-OH is 2. The number of nitrogens with zero attached hydrogens (tertiary/aromatic N) is 1. The number of piperidine rings is 1. The van der Waals surface area contributed by atoms with Gasteiger partial charge in [-0.2, -0.15) is 0 Å². The number of hydrogen-bond acceptors (Lipinski definition) is 5. The zero-order valence-electron chi connectivity index (χ0n) is 15.7. The predicted octanol–water partition coefficient (Wildman–Crippen LogP) is 2.35. The third-order valence-electron chi connectivity index (χ3n) is 4.49. The molecular formula is C16H33NO5Si. The molecule has 0 radical (unpaired) electrons. The maximum atomic E-state index is 12.2. The second-order valence-corrected chi connectivity index (χ2v) is 13.6. The largest absolute Gasteiger partial charge is 0.444 e.